The van der Waals surface area contributed by atoms with Crippen LogP contribution in [0.15, 0.2) is 22.8 Å². The Morgan fingerprint density at radius 3 is 2.81 bits per heavy atom. The molecule has 1 aliphatic rings. The summed E-state index contributed by atoms with van der Waals surface area (Å²) in [6.45, 7) is 1.79. The van der Waals surface area contributed by atoms with Gasteiger partial charge in [-0.25, -0.2) is 4.79 Å². The second kappa shape index (κ2) is 8.12. The third kappa shape index (κ3) is 5.46. The molecular weight excluding hydrogens is 288 g/mol. The lowest BCUT2D eigenvalue weighted by molar-refractivity contribution is -0.119. The topological polar surface area (TPSA) is 71.3 Å². The van der Waals surface area contributed by atoms with Crippen molar-refractivity contribution in [2.24, 2.45) is 0 Å². The third-order valence-electron chi connectivity index (χ3n) is 3.60. The SMILES string of the molecule is C[C@H](SCc1ccco1)C(=O)NC(=O)NC1CCCCC1. The number of nitrogens with one attached hydrogen (secondary N) is 2. The monoisotopic (exact) mass is 310 g/mol. The largest absolute Gasteiger partial charge is 0.468 e. The van der Waals surface area contributed by atoms with Crippen molar-refractivity contribution in [3.63, 3.8) is 0 Å². The van der Waals surface area contributed by atoms with Crippen LogP contribution in [0.2, 0.25) is 0 Å². The van der Waals surface area contributed by atoms with E-state index in [0.717, 1.165) is 31.4 Å². The number of hydrogen-bond donors (Lipinski definition) is 2. The van der Waals surface area contributed by atoms with Crippen LogP contribution in [0.5, 0.6) is 0 Å². The molecule has 0 bridgehead atoms. The molecule has 5 nitrogen and oxygen atoms in total. The van der Waals surface area contributed by atoms with Crippen molar-refractivity contribution in [2.45, 2.75) is 56.1 Å². The fourth-order valence-electron chi connectivity index (χ4n) is 2.36. The maximum absolute atomic E-state index is 11.9. The molecular formula is C15H22N2O3S. The zero-order valence-electron chi connectivity index (χ0n) is 12.3. The maximum Gasteiger partial charge on any atom is 0.321 e. The van der Waals surface area contributed by atoms with Crippen LogP contribution in [-0.2, 0) is 10.5 Å². The van der Waals surface area contributed by atoms with Gasteiger partial charge in [-0.3, -0.25) is 10.1 Å². The van der Waals surface area contributed by atoms with Gasteiger partial charge in [-0.05, 0) is 31.9 Å². The van der Waals surface area contributed by atoms with Crippen molar-refractivity contribution in [3.8, 4) is 0 Å². The van der Waals surface area contributed by atoms with E-state index in [4.69, 9.17) is 4.42 Å². The lowest BCUT2D eigenvalue weighted by atomic mass is 9.96. The minimum absolute atomic E-state index is 0.206. The van der Waals surface area contributed by atoms with Gasteiger partial charge in [-0.15, -0.1) is 11.8 Å². The van der Waals surface area contributed by atoms with E-state index >= 15 is 0 Å². The fraction of sp³-hybridized carbons (Fsp3) is 0.600. The summed E-state index contributed by atoms with van der Waals surface area (Å²) in [5, 5.41) is 4.99. The molecule has 1 heterocycles. The van der Waals surface area contributed by atoms with Gasteiger partial charge >= 0.3 is 6.03 Å². The summed E-state index contributed by atoms with van der Waals surface area (Å²) in [5.41, 5.74) is 0. The van der Waals surface area contributed by atoms with Crippen LogP contribution in [-0.4, -0.2) is 23.2 Å². The Labute approximate surface area is 129 Å². The number of imide groups is 1. The number of urea groups is 1. The molecule has 0 aromatic carbocycles. The molecule has 1 saturated carbocycles. The Morgan fingerprint density at radius 1 is 1.38 bits per heavy atom. The standard InChI is InChI=1S/C15H22N2O3S/c1-11(21-10-13-8-5-9-20-13)14(18)17-15(19)16-12-6-3-2-4-7-12/h5,8-9,11-12H,2-4,6-7,10H2,1H3,(H2,16,17,18,19)/t11-/m0/s1. The molecule has 116 valence electrons. The summed E-state index contributed by atoms with van der Waals surface area (Å²) in [6.07, 6.45) is 7.15. The summed E-state index contributed by atoms with van der Waals surface area (Å²) in [4.78, 5) is 23.7. The highest BCUT2D eigenvalue weighted by atomic mass is 32.2. The van der Waals surface area contributed by atoms with Crippen molar-refractivity contribution >= 4 is 23.7 Å². The first-order valence-electron chi connectivity index (χ1n) is 7.40. The van der Waals surface area contributed by atoms with Gasteiger partial charge in [-0.1, -0.05) is 19.3 Å². The molecule has 1 atom stereocenters. The van der Waals surface area contributed by atoms with Gasteiger partial charge in [-0.2, -0.15) is 0 Å². The van der Waals surface area contributed by atoms with E-state index in [1.807, 2.05) is 12.1 Å². The molecule has 0 saturated heterocycles. The number of hydrogen-bond acceptors (Lipinski definition) is 4. The van der Waals surface area contributed by atoms with E-state index in [9.17, 15) is 9.59 Å². The molecule has 0 spiro atoms. The average molecular weight is 310 g/mol. The van der Waals surface area contributed by atoms with Crippen LogP contribution < -0.4 is 10.6 Å². The first kappa shape index (κ1) is 15.9. The van der Waals surface area contributed by atoms with Gasteiger partial charge in [0.15, 0.2) is 0 Å². The van der Waals surface area contributed by atoms with Gasteiger partial charge in [0.2, 0.25) is 5.91 Å². The number of furan rings is 1. The summed E-state index contributed by atoms with van der Waals surface area (Å²) in [7, 11) is 0. The van der Waals surface area contributed by atoms with Crippen LogP contribution in [0.25, 0.3) is 0 Å². The highest BCUT2D eigenvalue weighted by Crippen LogP contribution is 2.19. The Hall–Kier alpha value is -1.43. The van der Waals surface area contributed by atoms with Crippen LogP contribution in [0.1, 0.15) is 44.8 Å². The minimum Gasteiger partial charge on any atom is -0.468 e. The second-order valence-electron chi connectivity index (χ2n) is 5.33. The van der Waals surface area contributed by atoms with Gasteiger partial charge < -0.3 is 9.73 Å². The van der Waals surface area contributed by atoms with Gasteiger partial charge in [0, 0.05) is 6.04 Å². The molecule has 2 N–H and O–H groups in total. The molecule has 1 aromatic heterocycles. The minimum atomic E-state index is -0.377. The highest BCUT2D eigenvalue weighted by molar-refractivity contribution is 7.99. The summed E-state index contributed by atoms with van der Waals surface area (Å²) in [6, 6.07) is 3.51. The molecule has 2 rings (SSSR count). The van der Waals surface area contributed by atoms with Gasteiger partial charge in [0.05, 0.1) is 17.3 Å². The summed E-state index contributed by atoms with van der Waals surface area (Å²) >= 11 is 1.44. The molecule has 3 amide bonds. The molecule has 0 aliphatic heterocycles. The quantitative estimate of drug-likeness (QED) is 0.877. The number of carbonyl (C=O) groups excluding carboxylic acids is 2. The van der Waals surface area contributed by atoms with Gasteiger partial charge in [0.25, 0.3) is 0 Å². The molecule has 6 heteroatoms. The van der Waals surface area contributed by atoms with Crippen molar-refractivity contribution in [1.29, 1.82) is 0 Å². The molecule has 0 radical (unpaired) electrons. The third-order valence-corrected chi connectivity index (χ3v) is 4.77. The van der Waals surface area contributed by atoms with Crippen LogP contribution in [0.3, 0.4) is 0 Å². The summed E-state index contributed by atoms with van der Waals surface area (Å²) < 4.78 is 5.21. The number of thioether (sulfide) groups is 1. The van der Waals surface area contributed by atoms with E-state index in [1.54, 1.807) is 13.2 Å². The average Bonchev–Trinajstić information content (AvgIpc) is 2.98. The molecule has 1 aliphatic carbocycles. The lowest BCUT2D eigenvalue weighted by Gasteiger charge is -2.23. The molecule has 0 unspecified atom stereocenters. The van der Waals surface area contributed by atoms with E-state index in [1.165, 1.54) is 18.2 Å². The van der Waals surface area contributed by atoms with E-state index in [-0.39, 0.29) is 23.2 Å². The van der Waals surface area contributed by atoms with Crippen LogP contribution >= 0.6 is 11.8 Å². The molecule has 1 fully saturated rings. The maximum atomic E-state index is 11.9. The Morgan fingerprint density at radius 2 is 2.14 bits per heavy atom. The zero-order valence-corrected chi connectivity index (χ0v) is 13.1. The van der Waals surface area contributed by atoms with Crippen LogP contribution in [0, 0.1) is 0 Å². The predicted octanol–water partition coefficient (Wildman–Crippen LogP) is 3.06. The Kier molecular flexibility index (Phi) is 6.17. The summed E-state index contributed by atoms with van der Waals surface area (Å²) in [5.74, 6) is 1.18. The van der Waals surface area contributed by atoms with Crippen molar-refractivity contribution in [1.82, 2.24) is 10.6 Å². The second-order valence-corrected chi connectivity index (χ2v) is 6.66. The van der Waals surface area contributed by atoms with Crippen molar-refractivity contribution in [3.05, 3.63) is 24.2 Å². The van der Waals surface area contributed by atoms with Gasteiger partial charge in [0.1, 0.15) is 5.76 Å². The van der Waals surface area contributed by atoms with Crippen molar-refractivity contribution < 1.29 is 14.0 Å². The fourth-order valence-corrected chi connectivity index (χ4v) is 3.15. The number of amides is 3. The Bertz CT molecular complexity index is 455. The molecule has 1 aromatic rings. The Balaban J connectivity index is 1.68. The normalized spacial score (nSPS) is 17.2. The number of rotatable bonds is 5. The lowest BCUT2D eigenvalue weighted by Crippen LogP contribution is -2.47. The zero-order chi connectivity index (χ0) is 15.1. The predicted molar refractivity (Wildman–Crippen MR) is 83.0 cm³/mol. The smallest absolute Gasteiger partial charge is 0.321 e. The van der Waals surface area contributed by atoms with E-state index in [0.29, 0.717) is 5.75 Å². The number of carbonyl (C=O) groups is 2. The first-order valence-corrected chi connectivity index (χ1v) is 8.45. The van der Waals surface area contributed by atoms with E-state index < -0.39 is 0 Å². The van der Waals surface area contributed by atoms with E-state index in [2.05, 4.69) is 10.6 Å². The highest BCUT2D eigenvalue weighted by Gasteiger charge is 2.20. The van der Waals surface area contributed by atoms with Crippen LogP contribution in [0.4, 0.5) is 4.79 Å². The van der Waals surface area contributed by atoms with Crippen molar-refractivity contribution in [2.75, 3.05) is 0 Å². The first-order chi connectivity index (χ1) is 10.1. The molecule has 21 heavy (non-hydrogen) atoms.